The second kappa shape index (κ2) is 10.2. The lowest BCUT2D eigenvalue weighted by Gasteiger charge is -2.12. The van der Waals surface area contributed by atoms with Crippen LogP contribution in [0.25, 0.3) is 21.9 Å². The molecule has 0 aliphatic heterocycles. The van der Waals surface area contributed by atoms with E-state index in [0.717, 1.165) is 16.7 Å². The molecular weight excluding hydrogens is 432 g/mol. The van der Waals surface area contributed by atoms with Gasteiger partial charge in [0, 0.05) is 30.3 Å². The van der Waals surface area contributed by atoms with Crippen molar-refractivity contribution in [1.82, 2.24) is 9.88 Å². The van der Waals surface area contributed by atoms with Crippen molar-refractivity contribution in [2.24, 2.45) is 0 Å². The highest BCUT2D eigenvalue weighted by atomic mass is 16.5. The van der Waals surface area contributed by atoms with Crippen molar-refractivity contribution in [2.45, 2.75) is 26.4 Å². The van der Waals surface area contributed by atoms with Crippen LogP contribution in [0.2, 0.25) is 0 Å². The molecule has 4 rings (SSSR count). The molecule has 1 amide bonds. The van der Waals surface area contributed by atoms with Gasteiger partial charge in [0.25, 0.3) is 0 Å². The van der Waals surface area contributed by atoms with Gasteiger partial charge in [0.05, 0.1) is 13.7 Å². The number of aromatic hydroxyl groups is 2. The second-order valence-corrected chi connectivity index (χ2v) is 7.87. The van der Waals surface area contributed by atoms with Crippen LogP contribution >= 0.6 is 0 Å². The first-order valence-electron chi connectivity index (χ1n) is 11.2. The van der Waals surface area contributed by atoms with Crippen LogP contribution in [0.1, 0.15) is 18.9 Å². The van der Waals surface area contributed by atoms with Crippen molar-refractivity contribution in [2.75, 3.05) is 13.7 Å². The number of carbonyl (C=O) groups is 1. The Morgan fingerprint density at radius 2 is 1.62 bits per heavy atom. The van der Waals surface area contributed by atoms with Crippen LogP contribution in [0.3, 0.4) is 0 Å². The van der Waals surface area contributed by atoms with Gasteiger partial charge in [-0.15, -0.1) is 0 Å². The smallest absolute Gasteiger partial charge is 0.222 e. The summed E-state index contributed by atoms with van der Waals surface area (Å²) in [5.41, 5.74) is 2.95. The predicted octanol–water partition coefficient (Wildman–Crippen LogP) is 4.83. The molecule has 7 nitrogen and oxygen atoms in total. The van der Waals surface area contributed by atoms with Gasteiger partial charge in [0.1, 0.15) is 0 Å². The van der Waals surface area contributed by atoms with Crippen molar-refractivity contribution < 1.29 is 24.5 Å². The standard InChI is InChI=1S/C27H28N2O5/c1-3-34-24-16-20(11-12-23(24)33-2)19-8-6-7-18(15-19)17-28-25(30)13-14-29-26(31)21-9-4-5-10-22(21)27(29)32/h4-12,15-16,31-32H,3,13-14,17H2,1-2H3,(H,28,30). The van der Waals surface area contributed by atoms with Crippen LogP contribution in [0.4, 0.5) is 0 Å². The number of rotatable bonds is 9. The average molecular weight is 461 g/mol. The molecule has 0 aliphatic carbocycles. The third-order valence-corrected chi connectivity index (χ3v) is 5.70. The number of benzene rings is 3. The van der Waals surface area contributed by atoms with Gasteiger partial charge in [0.15, 0.2) is 11.5 Å². The summed E-state index contributed by atoms with van der Waals surface area (Å²) in [7, 11) is 1.61. The Hall–Kier alpha value is -4.13. The second-order valence-electron chi connectivity index (χ2n) is 7.87. The fourth-order valence-electron chi connectivity index (χ4n) is 3.96. The Bertz CT molecular complexity index is 1270. The number of amides is 1. The van der Waals surface area contributed by atoms with E-state index in [1.54, 1.807) is 31.4 Å². The highest BCUT2D eigenvalue weighted by Gasteiger charge is 2.16. The fraction of sp³-hybridized carbons (Fsp3) is 0.222. The van der Waals surface area contributed by atoms with Gasteiger partial charge >= 0.3 is 0 Å². The highest BCUT2D eigenvalue weighted by molar-refractivity contribution is 5.93. The Labute approximate surface area is 198 Å². The van der Waals surface area contributed by atoms with Crippen LogP contribution in [-0.4, -0.2) is 34.4 Å². The molecule has 1 heterocycles. The normalized spacial score (nSPS) is 10.9. The monoisotopic (exact) mass is 460 g/mol. The van der Waals surface area contributed by atoms with E-state index in [0.29, 0.717) is 35.4 Å². The van der Waals surface area contributed by atoms with Gasteiger partial charge in [-0.1, -0.05) is 36.4 Å². The molecule has 0 radical (unpaired) electrons. The van der Waals surface area contributed by atoms with E-state index >= 15 is 0 Å². The number of hydrogen-bond donors (Lipinski definition) is 3. The topological polar surface area (TPSA) is 93.0 Å². The van der Waals surface area contributed by atoms with E-state index in [2.05, 4.69) is 5.32 Å². The van der Waals surface area contributed by atoms with Gasteiger partial charge in [0.2, 0.25) is 17.7 Å². The van der Waals surface area contributed by atoms with Crippen LogP contribution in [0, 0.1) is 0 Å². The van der Waals surface area contributed by atoms with Gasteiger partial charge in [-0.25, -0.2) is 0 Å². The summed E-state index contributed by atoms with van der Waals surface area (Å²) in [6.07, 6.45) is 0.123. The zero-order valence-electron chi connectivity index (χ0n) is 19.2. The van der Waals surface area contributed by atoms with Crippen LogP contribution in [-0.2, 0) is 17.9 Å². The maximum Gasteiger partial charge on any atom is 0.222 e. The molecule has 0 spiro atoms. The van der Waals surface area contributed by atoms with Gasteiger partial charge in [-0.3, -0.25) is 9.36 Å². The SMILES string of the molecule is CCOc1cc(-c2cccc(CNC(=O)CCn3c(O)c4ccccc4c3O)c2)ccc1OC. The van der Waals surface area contributed by atoms with Gasteiger partial charge < -0.3 is 25.0 Å². The van der Waals surface area contributed by atoms with E-state index in [1.807, 2.05) is 49.4 Å². The molecule has 0 saturated heterocycles. The van der Waals surface area contributed by atoms with Crippen LogP contribution in [0.15, 0.2) is 66.7 Å². The summed E-state index contributed by atoms with van der Waals surface area (Å²) in [6.45, 7) is 3.01. The summed E-state index contributed by atoms with van der Waals surface area (Å²) in [6, 6.07) is 20.8. The molecule has 0 saturated carbocycles. The largest absolute Gasteiger partial charge is 0.494 e. The summed E-state index contributed by atoms with van der Waals surface area (Å²) in [5.74, 6) is 1.11. The minimum atomic E-state index is -0.176. The molecule has 0 aliphatic rings. The molecule has 1 aromatic heterocycles. The summed E-state index contributed by atoms with van der Waals surface area (Å²) >= 11 is 0. The zero-order valence-corrected chi connectivity index (χ0v) is 19.2. The van der Waals surface area contributed by atoms with Crippen LogP contribution < -0.4 is 14.8 Å². The molecule has 0 atom stereocenters. The van der Waals surface area contributed by atoms with Crippen molar-refractivity contribution in [3.63, 3.8) is 0 Å². The minimum absolute atomic E-state index is 0.0421. The maximum atomic E-state index is 12.5. The molecular formula is C27H28N2O5. The van der Waals surface area contributed by atoms with Crippen molar-refractivity contribution in [3.05, 3.63) is 72.3 Å². The van der Waals surface area contributed by atoms with E-state index in [1.165, 1.54) is 4.57 Å². The number of nitrogens with zero attached hydrogens (tertiary/aromatic N) is 1. The summed E-state index contributed by atoms with van der Waals surface area (Å²) in [4.78, 5) is 12.5. The number of fused-ring (bicyclic) bond motifs is 1. The van der Waals surface area contributed by atoms with Crippen LogP contribution in [0.5, 0.6) is 23.3 Å². The number of ether oxygens (including phenoxy) is 2. The number of aromatic nitrogens is 1. The Balaban J connectivity index is 1.40. The Morgan fingerprint density at radius 1 is 0.912 bits per heavy atom. The predicted molar refractivity (Wildman–Crippen MR) is 131 cm³/mol. The third kappa shape index (κ3) is 4.78. The molecule has 3 N–H and O–H groups in total. The van der Waals surface area contributed by atoms with Crippen molar-refractivity contribution >= 4 is 16.7 Å². The van der Waals surface area contributed by atoms with E-state index in [4.69, 9.17) is 9.47 Å². The molecule has 34 heavy (non-hydrogen) atoms. The Morgan fingerprint density at radius 3 is 2.29 bits per heavy atom. The molecule has 3 aromatic carbocycles. The van der Waals surface area contributed by atoms with Crippen molar-refractivity contribution in [3.8, 4) is 34.4 Å². The summed E-state index contributed by atoms with van der Waals surface area (Å²) < 4.78 is 12.4. The van der Waals surface area contributed by atoms with E-state index < -0.39 is 0 Å². The minimum Gasteiger partial charge on any atom is -0.494 e. The first-order valence-corrected chi connectivity index (χ1v) is 11.2. The lowest BCUT2D eigenvalue weighted by atomic mass is 10.0. The van der Waals surface area contributed by atoms with Crippen molar-refractivity contribution in [1.29, 1.82) is 0 Å². The number of methoxy groups -OCH3 is 1. The number of carbonyl (C=O) groups excluding carboxylic acids is 1. The molecule has 0 bridgehead atoms. The molecule has 0 unspecified atom stereocenters. The number of nitrogens with one attached hydrogen (secondary N) is 1. The lowest BCUT2D eigenvalue weighted by Crippen LogP contribution is -2.23. The third-order valence-electron chi connectivity index (χ3n) is 5.70. The maximum absolute atomic E-state index is 12.5. The van der Waals surface area contributed by atoms with Gasteiger partial charge in [-0.2, -0.15) is 0 Å². The molecule has 0 fully saturated rings. The zero-order chi connectivity index (χ0) is 24.1. The summed E-state index contributed by atoms with van der Waals surface area (Å²) in [5, 5.41) is 24.8. The average Bonchev–Trinajstić information content (AvgIpc) is 3.11. The Kier molecular flexibility index (Phi) is 6.92. The first kappa shape index (κ1) is 23.0. The lowest BCUT2D eigenvalue weighted by molar-refractivity contribution is -0.121. The van der Waals surface area contributed by atoms with E-state index in [9.17, 15) is 15.0 Å². The number of hydrogen-bond acceptors (Lipinski definition) is 5. The first-order chi connectivity index (χ1) is 16.5. The molecule has 7 heteroatoms. The van der Waals surface area contributed by atoms with Gasteiger partial charge in [-0.05, 0) is 53.9 Å². The fourth-order valence-corrected chi connectivity index (χ4v) is 3.96. The molecule has 176 valence electrons. The highest BCUT2D eigenvalue weighted by Crippen LogP contribution is 2.36. The quantitative estimate of drug-likeness (QED) is 0.333. The van der Waals surface area contributed by atoms with E-state index in [-0.39, 0.29) is 30.6 Å². The molecule has 4 aromatic rings.